The van der Waals surface area contributed by atoms with Crippen LogP contribution in [-0.4, -0.2) is 33.2 Å². The molecule has 62 valence electrons. The van der Waals surface area contributed by atoms with Gasteiger partial charge in [-0.2, -0.15) is 0 Å². The number of ether oxygens (including phenoxy) is 1. The first kappa shape index (κ1) is 10.2. The van der Waals surface area contributed by atoms with Crippen LogP contribution in [0.5, 0.6) is 0 Å². The molecule has 1 unspecified atom stereocenters. The summed E-state index contributed by atoms with van der Waals surface area (Å²) in [6, 6.07) is 0. The molecular weight excluding hydrogens is 151 g/mol. The minimum absolute atomic E-state index is 0.511. The Morgan fingerprint density at radius 2 is 2.10 bits per heavy atom. The monoisotopic (exact) mass is 166 g/mol. The van der Waals surface area contributed by atoms with Crippen LogP contribution in [0.1, 0.15) is 6.92 Å². The van der Waals surface area contributed by atoms with E-state index < -0.39 is 7.37 Å². The third-order valence-corrected chi connectivity index (χ3v) is 3.00. The van der Waals surface area contributed by atoms with Gasteiger partial charge < -0.3 is 9.26 Å². The lowest BCUT2D eigenvalue weighted by Gasteiger charge is -2.09. The van der Waals surface area contributed by atoms with Gasteiger partial charge in [-0.1, -0.05) is 0 Å². The normalized spacial score (nSPS) is 16.7. The van der Waals surface area contributed by atoms with E-state index in [1.54, 1.807) is 6.66 Å². The maximum absolute atomic E-state index is 11.2. The van der Waals surface area contributed by atoms with Crippen LogP contribution in [0.3, 0.4) is 0 Å². The van der Waals surface area contributed by atoms with Gasteiger partial charge in [0.15, 0.2) is 0 Å². The molecule has 0 aliphatic heterocycles. The van der Waals surface area contributed by atoms with Crippen molar-refractivity contribution in [2.75, 3.05) is 33.2 Å². The Morgan fingerprint density at radius 3 is 2.50 bits per heavy atom. The van der Waals surface area contributed by atoms with Crippen LogP contribution in [0.4, 0.5) is 0 Å². The van der Waals surface area contributed by atoms with Gasteiger partial charge in [0.25, 0.3) is 0 Å². The smallest absolute Gasteiger partial charge is 0.202 e. The van der Waals surface area contributed by atoms with Crippen LogP contribution in [0, 0.1) is 0 Å². The zero-order valence-corrected chi connectivity index (χ0v) is 7.69. The van der Waals surface area contributed by atoms with E-state index in [2.05, 4.69) is 0 Å². The first-order chi connectivity index (χ1) is 4.62. The fourth-order valence-corrected chi connectivity index (χ4v) is 1.11. The summed E-state index contributed by atoms with van der Waals surface area (Å²) in [5.41, 5.74) is 0. The maximum Gasteiger partial charge on any atom is 0.202 e. The fourth-order valence-electron chi connectivity index (χ4n) is 0.466. The molecule has 0 aliphatic rings. The minimum atomic E-state index is -2.33. The van der Waals surface area contributed by atoms with Crippen molar-refractivity contribution in [2.45, 2.75) is 6.92 Å². The van der Waals surface area contributed by atoms with Crippen molar-refractivity contribution in [3.05, 3.63) is 0 Å². The quantitative estimate of drug-likeness (QED) is 0.459. The number of hydrogen-bond acceptors (Lipinski definition) is 3. The molecule has 0 rings (SSSR count). The highest BCUT2D eigenvalue weighted by Gasteiger charge is 2.11. The summed E-state index contributed by atoms with van der Waals surface area (Å²) in [5, 5.41) is 0. The molecule has 0 heterocycles. The van der Waals surface area contributed by atoms with Gasteiger partial charge >= 0.3 is 0 Å². The molecular formula is C6H15O3P. The van der Waals surface area contributed by atoms with E-state index in [0.717, 1.165) is 0 Å². The Morgan fingerprint density at radius 1 is 1.50 bits per heavy atom. The Kier molecular flexibility index (Phi) is 4.96. The van der Waals surface area contributed by atoms with Crippen molar-refractivity contribution in [1.29, 1.82) is 0 Å². The van der Waals surface area contributed by atoms with Crippen molar-refractivity contribution in [2.24, 2.45) is 0 Å². The molecule has 0 radical (unpaired) electrons. The van der Waals surface area contributed by atoms with E-state index in [1.165, 1.54) is 7.11 Å². The molecule has 4 heteroatoms. The summed E-state index contributed by atoms with van der Waals surface area (Å²) in [5.74, 6) is 0. The van der Waals surface area contributed by atoms with Crippen molar-refractivity contribution in [3.63, 3.8) is 0 Å². The molecule has 0 aromatic rings. The van der Waals surface area contributed by atoms with E-state index in [1.807, 2.05) is 6.92 Å². The van der Waals surface area contributed by atoms with Gasteiger partial charge in [-0.05, 0) is 6.92 Å². The Hall–Kier alpha value is 0.150. The second kappa shape index (κ2) is 4.89. The highest BCUT2D eigenvalue weighted by Crippen LogP contribution is 2.40. The predicted molar refractivity (Wildman–Crippen MR) is 41.9 cm³/mol. The van der Waals surface area contributed by atoms with Gasteiger partial charge in [0, 0.05) is 26.5 Å². The molecule has 0 saturated heterocycles. The molecule has 0 saturated carbocycles. The van der Waals surface area contributed by atoms with Crippen molar-refractivity contribution >= 4 is 7.37 Å². The highest BCUT2D eigenvalue weighted by molar-refractivity contribution is 7.58. The summed E-state index contributed by atoms with van der Waals surface area (Å²) < 4.78 is 20.9. The molecule has 10 heavy (non-hydrogen) atoms. The molecule has 0 amide bonds. The van der Waals surface area contributed by atoms with Crippen LogP contribution in [-0.2, 0) is 13.8 Å². The van der Waals surface area contributed by atoms with Crippen molar-refractivity contribution < 1.29 is 13.8 Å². The minimum Gasteiger partial charge on any atom is -0.381 e. The van der Waals surface area contributed by atoms with Gasteiger partial charge in [0.1, 0.15) is 0 Å². The van der Waals surface area contributed by atoms with Crippen LogP contribution >= 0.6 is 7.37 Å². The lowest BCUT2D eigenvalue weighted by molar-refractivity contribution is 0.161. The average Bonchev–Trinajstić information content (AvgIpc) is 1.89. The lowest BCUT2D eigenvalue weighted by Crippen LogP contribution is -2.00. The Labute approximate surface area is 62.2 Å². The SMILES string of the molecule is CCOCCP(C)(=O)OC. The summed E-state index contributed by atoms with van der Waals surface area (Å²) in [7, 11) is -0.863. The zero-order valence-electron chi connectivity index (χ0n) is 6.79. The molecule has 0 aromatic carbocycles. The molecule has 0 fully saturated rings. The molecule has 3 nitrogen and oxygen atoms in total. The summed E-state index contributed by atoms with van der Waals surface area (Å²) in [6.45, 7) is 4.72. The zero-order chi connectivity index (χ0) is 8.04. The predicted octanol–water partition coefficient (Wildman–Crippen LogP) is 1.58. The van der Waals surface area contributed by atoms with Crippen LogP contribution < -0.4 is 0 Å². The first-order valence-electron chi connectivity index (χ1n) is 3.32. The molecule has 0 bridgehead atoms. The Bertz CT molecular complexity index is 124. The molecule has 1 atom stereocenters. The fraction of sp³-hybridized carbons (Fsp3) is 1.00. The van der Waals surface area contributed by atoms with Crippen LogP contribution in [0.2, 0.25) is 0 Å². The molecule has 0 aromatic heterocycles. The van der Waals surface area contributed by atoms with Gasteiger partial charge in [-0.15, -0.1) is 0 Å². The van der Waals surface area contributed by atoms with Crippen LogP contribution in [0.25, 0.3) is 0 Å². The van der Waals surface area contributed by atoms with Crippen molar-refractivity contribution in [3.8, 4) is 0 Å². The van der Waals surface area contributed by atoms with Crippen LogP contribution in [0.15, 0.2) is 0 Å². The molecule has 0 spiro atoms. The van der Waals surface area contributed by atoms with Gasteiger partial charge in [0.05, 0.1) is 6.61 Å². The van der Waals surface area contributed by atoms with E-state index in [4.69, 9.17) is 9.26 Å². The highest BCUT2D eigenvalue weighted by atomic mass is 31.2. The third kappa shape index (κ3) is 4.98. The third-order valence-electron chi connectivity index (χ3n) is 1.23. The molecule has 0 N–H and O–H groups in total. The number of rotatable bonds is 5. The summed E-state index contributed by atoms with van der Waals surface area (Å²) in [4.78, 5) is 0. The van der Waals surface area contributed by atoms with Gasteiger partial charge in [-0.25, -0.2) is 0 Å². The topological polar surface area (TPSA) is 35.5 Å². The maximum atomic E-state index is 11.2. The second-order valence-corrected chi connectivity index (χ2v) is 4.96. The largest absolute Gasteiger partial charge is 0.381 e. The summed E-state index contributed by atoms with van der Waals surface area (Å²) in [6.07, 6.45) is 0.511. The lowest BCUT2D eigenvalue weighted by atomic mass is 10.8. The molecule has 0 aliphatic carbocycles. The van der Waals surface area contributed by atoms with E-state index in [9.17, 15) is 4.57 Å². The van der Waals surface area contributed by atoms with Gasteiger partial charge in [0.2, 0.25) is 7.37 Å². The van der Waals surface area contributed by atoms with E-state index in [-0.39, 0.29) is 0 Å². The van der Waals surface area contributed by atoms with Crippen molar-refractivity contribution in [1.82, 2.24) is 0 Å². The second-order valence-electron chi connectivity index (χ2n) is 2.12. The first-order valence-corrected chi connectivity index (χ1v) is 5.58. The Balaban J connectivity index is 3.38. The summed E-state index contributed by atoms with van der Waals surface area (Å²) >= 11 is 0. The average molecular weight is 166 g/mol. The number of hydrogen-bond donors (Lipinski definition) is 0. The van der Waals surface area contributed by atoms with Gasteiger partial charge in [-0.3, -0.25) is 4.57 Å². The van der Waals surface area contributed by atoms with E-state index in [0.29, 0.717) is 19.4 Å². The van der Waals surface area contributed by atoms with E-state index >= 15 is 0 Å². The standard InChI is InChI=1S/C6H15O3P/c1-4-9-5-6-10(3,7)8-2/h4-6H2,1-3H3.